The van der Waals surface area contributed by atoms with Crippen LogP contribution < -0.4 is 9.80 Å². The van der Waals surface area contributed by atoms with Crippen molar-refractivity contribution in [3.8, 4) is 0 Å². The second kappa shape index (κ2) is 19.1. The van der Waals surface area contributed by atoms with Gasteiger partial charge in [-0.05, 0) is 115 Å². The van der Waals surface area contributed by atoms with Crippen molar-refractivity contribution in [1.82, 2.24) is 0 Å². The van der Waals surface area contributed by atoms with E-state index in [2.05, 4.69) is 206 Å². The second-order valence-corrected chi connectivity index (χ2v) is 18.5. The van der Waals surface area contributed by atoms with Crippen molar-refractivity contribution in [2.45, 2.75) is 62.2 Å². The molecule has 2 nitrogen and oxygen atoms in total. The third-order valence-corrected chi connectivity index (χ3v) is 12.3. The van der Waals surface area contributed by atoms with Gasteiger partial charge in [0.25, 0.3) is 0 Å². The Bertz CT molecular complexity index is 2100. The highest BCUT2D eigenvalue weighted by atomic mass is 32.2. The summed E-state index contributed by atoms with van der Waals surface area (Å²) in [4.78, 5) is 7.57. The molecule has 0 aliphatic carbocycles. The predicted octanol–water partition coefficient (Wildman–Crippen LogP) is 14.0. The monoisotopic (exact) mass is 748 g/mol. The van der Waals surface area contributed by atoms with Gasteiger partial charge in [-0.1, -0.05) is 106 Å². The fourth-order valence-corrected chi connectivity index (χ4v) is 8.20. The second-order valence-electron chi connectivity index (χ2n) is 14.3. The SMILES string of the molecule is CCCCc1ccc(N(c2ccc(/C=C/c3ccc(N(c4cccc([S+](C)C)c4)c4ccccc4CCCC)cc3)cc2)c2cccc([S+](C)C)c2)cc1. The quantitative estimate of drug-likeness (QED) is 0.0718. The molecule has 0 saturated heterocycles. The lowest BCUT2D eigenvalue weighted by molar-refractivity contribution is 0.795. The fraction of sp³-hybridized carbons (Fsp3) is 0.240. The molecule has 0 heterocycles. The van der Waals surface area contributed by atoms with Gasteiger partial charge in [0.15, 0.2) is 9.79 Å². The lowest BCUT2D eigenvalue weighted by Crippen LogP contribution is -2.13. The summed E-state index contributed by atoms with van der Waals surface area (Å²) in [5.41, 5.74) is 12.3. The summed E-state index contributed by atoms with van der Waals surface area (Å²) in [7, 11) is 0.361. The number of para-hydroxylation sites is 1. The molecule has 0 aliphatic heterocycles. The number of unbranched alkanes of at least 4 members (excludes halogenated alkanes) is 2. The van der Waals surface area contributed by atoms with Gasteiger partial charge >= 0.3 is 0 Å². The third-order valence-electron chi connectivity index (χ3n) is 9.91. The molecule has 0 bridgehead atoms. The average molecular weight is 749 g/mol. The summed E-state index contributed by atoms with van der Waals surface area (Å²) in [6.45, 7) is 4.52. The van der Waals surface area contributed by atoms with Gasteiger partial charge in [-0.15, -0.1) is 0 Å². The van der Waals surface area contributed by atoms with Gasteiger partial charge in [-0.3, -0.25) is 0 Å². The van der Waals surface area contributed by atoms with E-state index in [1.165, 1.54) is 86.2 Å². The number of nitrogens with zero attached hydrogens (tertiary/aromatic N) is 2. The molecule has 0 aliphatic rings. The van der Waals surface area contributed by atoms with Gasteiger partial charge < -0.3 is 9.80 Å². The molecular formula is C50H56N2S2+2. The van der Waals surface area contributed by atoms with E-state index in [1.54, 1.807) is 0 Å². The number of rotatable bonds is 16. The van der Waals surface area contributed by atoms with E-state index in [1.807, 2.05) is 0 Å². The summed E-state index contributed by atoms with van der Waals surface area (Å²) in [6, 6.07) is 54.1. The highest BCUT2D eigenvalue weighted by Gasteiger charge is 2.19. The van der Waals surface area contributed by atoms with Crippen molar-refractivity contribution >= 4 is 68.1 Å². The van der Waals surface area contributed by atoms with Crippen LogP contribution in [0.15, 0.2) is 155 Å². The lowest BCUT2D eigenvalue weighted by Gasteiger charge is -2.28. The van der Waals surface area contributed by atoms with E-state index in [9.17, 15) is 0 Å². The van der Waals surface area contributed by atoms with Gasteiger partial charge in [0.1, 0.15) is 25.0 Å². The summed E-state index contributed by atoms with van der Waals surface area (Å²) < 4.78 is 0. The molecule has 6 aromatic rings. The maximum atomic E-state index is 2.44. The molecule has 0 saturated carbocycles. The highest BCUT2D eigenvalue weighted by molar-refractivity contribution is 7.95. The van der Waals surface area contributed by atoms with E-state index in [0.29, 0.717) is 0 Å². The number of hydrogen-bond donors (Lipinski definition) is 0. The van der Waals surface area contributed by atoms with Crippen LogP contribution in [0.4, 0.5) is 34.1 Å². The van der Waals surface area contributed by atoms with E-state index in [0.717, 1.165) is 18.5 Å². The Balaban J connectivity index is 1.26. The first kappa shape index (κ1) is 39.1. The minimum atomic E-state index is 0.179. The van der Waals surface area contributed by atoms with Crippen LogP contribution in [0.5, 0.6) is 0 Å². The standard InChI is InChI=1S/C50H56N2S2/c1-7-9-15-39-25-31-43(32-26-39)51(46-18-13-20-48(37-46)53(3)4)44-33-27-40(28-34-44)23-24-41-29-35-45(36-30-41)52(47-19-14-21-49(38-47)54(5)6)50-22-12-11-17-42(50)16-10-8-2/h11-14,17-38H,7-10,15-16H2,1-6H3/q+2/b24-23+. The minimum Gasteiger partial charge on any atom is -0.310 e. The van der Waals surface area contributed by atoms with Crippen molar-refractivity contribution in [2.75, 3.05) is 34.8 Å². The molecule has 0 radical (unpaired) electrons. The van der Waals surface area contributed by atoms with Crippen LogP contribution in [0.2, 0.25) is 0 Å². The molecule has 0 unspecified atom stereocenters. The first-order chi connectivity index (χ1) is 26.3. The van der Waals surface area contributed by atoms with E-state index in [4.69, 9.17) is 0 Å². The Labute approximate surface area is 331 Å². The Hall–Kier alpha value is -4.64. The summed E-state index contributed by atoms with van der Waals surface area (Å²) in [5.74, 6) is 0. The molecule has 0 N–H and O–H groups in total. The Morgan fingerprint density at radius 2 is 0.907 bits per heavy atom. The largest absolute Gasteiger partial charge is 0.310 e. The molecule has 276 valence electrons. The van der Waals surface area contributed by atoms with Crippen molar-refractivity contribution < 1.29 is 0 Å². The van der Waals surface area contributed by atoms with Crippen LogP contribution in [0.25, 0.3) is 12.2 Å². The van der Waals surface area contributed by atoms with Crippen molar-refractivity contribution in [2.24, 2.45) is 0 Å². The molecule has 6 rings (SSSR count). The smallest absolute Gasteiger partial charge is 0.156 e. The first-order valence-electron chi connectivity index (χ1n) is 19.3. The minimum absolute atomic E-state index is 0.179. The number of aryl methyl sites for hydroxylation is 2. The van der Waals surface area contributed by atoms with E-state index < -0.39 is 0 Å². The number of hydrogen-bond acceptors (Lipinski definition) is 2. The molecule has 0 fully saturated rings. The van der Waals surface area contributed by atoms with Gasteiger partial charge in [-0.2, -0.15) is 0 Å². The normalized spacial score (nSPS) is 11.5. The third kappa shape index (κ3) is 9.91. The Kier molecular flexibility index (Phi) is 13.8. The predicted molar refractivity (Wildman–Crippen MR) is 243 cm³/mol. The first-order valence-corrected chi connectivity index (χ1v) is 23.4. The molecule has 0 aromatic heterocycles. The van der Waals surface area contributed by atoms with Gasteiger partial charge in [-0.25, -0.2) is 0 Å². The van der Waals surface area contributed by atoms with Crippen molar-refractivity contribution in [1.29, 1.82) is 0 Å². The Morgan fingerprint density at radius 1 is 0.444 bits per heavy atom. The Morgan fingerprint density at radius 3 is 1.43 bits per heavy atom. The topological polar surface area (TPSA) is 6.48 Å². The average Bonchev–Trinajstić information content (AvgIpc) is 3.21. The van der Waals surface area contributed by atoms with Crippen LogP contribution in [0.1, 0.15) is 61.8 Å². The van der Waals surface area contributed by atoms with Crippen LogP contribution in [-0.4, -0.2) is 25.0 Å². The van der Waals surface area contributed by atoms with Crippen LogP contribution in [-0.2, 0) is 34.6 Å². The maximum absolute atomic E-state index is 2.44. The molecule has 54 heavy (non-hydrogen) atoms. The molecule has 4 heteroatoms. The van der Waals surface area contributed by atoms with E-state index >= 15 is 0 Å². The van der Waals surface area contributed by atoms with Gasteiger partial charge in [0, 0.05) is 56.7 Å². The maximum Gasteiger partial charge on any atom is 0.156 e. The molecule has 6 aromatic carbocycles. The zero-order chi connectivity index (χ0) is 37.9. The fourth-order valence-electron chi connectivity index (χ4n) is 6.79. The number of benzene rings is 6. The summed E-state index contributed by atoms with van der Waals surface area (Å²) in [6.07, 6.45) is 20.6. The van der Waals surface area contributed by atoms with Crippen LogP contribution in [0, 0.1) is 0 Å². The summed E-state index contributed by atoms with van der Waals surface area (Å²) in [5, 5.41) is 0. The van der Waals surface area contributed by atoms with Crippen LogP contribution >= 0.6 is 0 Å². The van der Waals surface area contributed by atoms with Crippen molar-refractivity contribution in [3.05, 3.63) is 168 Å². The summed E-state index contributed by atoms with van der Waals surface area (Å²) >= 11 is 0. The highest BCUT2D eigenvalue weighted by Crippen LogP contribution is 2.39. The molecule has 0 atom stereocenters. The number of anilines is 6. The zero-order valence-electron chi connectivity index (χ0n) is 33.0. The van der Waals surface area contributed by atoms with Crippen LogP contribution in [0.3, 0.4) is 0 Å². The van der Waals surface area contributed by atoms with Gasteiger partial charge in [0.2, 0.25) is 0 Å². The molecule has 0 amide bonds. The molecular weight excluding hydrogens is 693 g/mol. The lowest BCUT2D eigenvalue weighted by atomic mass is 10.0. The zero-order valence-corrected chi connectivity index (χ0v) is 34.6. The molecule has 0 spiro atoms. The van der Waals surface area contributed by atoms with Gasteiger partial charge in [0.05, 0.1) is 11.4 Å². The van der Waals surface area contributed by atoms with Crippen molar-refractivity contribution in [3.63, 3.8) is 0 Å². The van der Waals surface area contributed by atoms with E-state index in [-0.39, 0.29) is 21.8 Å².